The van der Waals surface area contributed by atoms with Crippen molar-refractivity contribution in [3.05, 3.63) is 0 Å². The summed E-state index contributed by atoms with van der Waals surface area (Å²) in [5.41, 5.74) is 0.356. The van der Waals surface area contributed by atoms with Crippen LogP contribution in [0.5, 0.6) is 0 Å². The van der Waals surface area contributed by atoms with E-state index in [1.165, 1.54) is 45.1 Å². The van der Waals surface area contributed by atoms with Gasteiger partial charge < -0.3 is 20.1 Å². The fourth-order valence-corrected chi connectivity index (χ4v) is 4.01. The maximum atomic E-state index is 5.40. The summed E-state index contributed by atoms with van der Waals surface area (Å²) in [5, 5.41) is 6.92. The van der Waals surface area contributed by atoms with Gasteiger partial charge in [-0.2, -0.15) is 0 Å². The Balaban J connectivity index is 0.00000364. The number of methoxy groups -OCH3 is 1. The summed E-state index contributed by atoms with van der Waals surface area (Å²) in [6, 6.07) is 0. The van der Waals surface area contributed by atoms with Crippen molar-refractivity contribution in [1.82, 2.24) is 15.5 Å². The Bertz CT molecular complexity index is 397. The second-order valence-corrected chi connectivity index (χ2v) is 7.73. The highest BCUT2D eigenvalue weighted by molar-refractivity contribution is 14.0. The minimum Gasteiger partial charge on any atom is -0.385 e. The molecule has 2 aliphatic rings. The van der Waals surface area contributed by atoms with Crippen molar-refractivity contribution in [3.8, 4) is 0 Å². The first-order valence-electron chi connectivity index (χ1n) is 10.6. The van der Waals surface area contributed by atoms with Crippen LogP contribution in [0.15, 0.2) is 4.99 Å². The van der Waals surface area contributed by atoms with Crippen molar-refractivity contribution in [2.75, 3.05) is 66.2 Å². The molecule has 1 heterocycles. The number of halogens is 1. The quantitative estimate of drug-likeness (QED) is 0.200. The molecule has 0 unspecified atom stereocenters. The van der Waals surface area contributed by atoms with Gasteiger partial charge in [0.2, 0.25) is 0 Å². The molecule has 0 radical (unpaired) electrons. The fourth-order valence-electron chi connectivity index (χ4n) is 4.01. The molecule has 1 aliphatic carbocycles. The van der Waals surface area contributed by atoms with Gasteiger partial charge in [-0.05, 0) is 51.0 Å². The summed E-state index contributed by atoms with van der Waals surface area (Å²) in [5.74, 6) is 0.975. The molecule has 27 heavy (non-hydrogen) atoms. The molecule has 0 aromatic rings. The molecule has 160 valence electrons. The van der Waals surface area contributed by atoms with Gasteiger partial charge in [0, 0.05) is 46.4 Å². The van der Waals surface area contributed by atoms with Crippen molar-refractivity contribution in [1.29, 1.82) is 0 Å². The first kappa shape index (κ1) is 24.9. The zero-order valence-electron chi connectivity index (χ0n) is 17.4. The predicted octanol–water partition coefficient (Wildman–Crippen LogP) is 2.87. The molecule has 0 aromatic carbocycles. The molecule has 0 aromatic heterocycles. The van der Waals surface area contributed by atoms with Crippen molar-refractivity contribution in [3.63, 3.8) is 0 Å². The van der Waals surface area contributed by atoms with Crippen LogP contribution in [0.4, 0.5) is 0 Å². The van der Waals surface area contributed by atoms with E-state index < -0.39 is 0 Å². The van der Waals surface area contributed by atoms with E-state index in [-0.39, 0.29) is 24.0 Å². The Morgan fingerprint density at radius 1 is 1.15 bits per heavy atom. The van der Waals surface area contributed by atoms with Gasteiger partial charge in [0.25, 0.3) is 0 Å². The molecule has 2 N–H and O–H groups in total. The second kappa shape index (κ2) is 14.8. The minimum atomic E-state index is 0. The molecule has 0 atom stereocenters. The molecule has 0 spiro atoms. The lowest BCUT2D eigenvalue weighted by Crippen LogP contribution is -2.39. The maximum absolute atomic E-state index is 5.40. The Hall–Kier alpha value is -0.120. The topological polar surface area (TPSA) is 58.1 Å². The van der Waals surface area contributed by atoms with Crippen LogP contribution in [-0.2, 0) is 9.47 Å². The molecule has 6 nitrogen and oxygen atoms in total. The summed E-state index contributed by atoms with van der Waals surface area (Å²) in [7, 11) is 1.80. The minimum absolute atomic E-state index is 0. The standard InChI is InChI=1S/C20H40N4O2.HI/c1-3-21-19(22-11-6-7-12-24-13-16-26-17-14-24)23-18-20(10-15-25-2)8-4-5-9-20;/h3-18H2,1-2H3,(H2,21,22,23);1H. The molecule has 1 saturated carbocycles. The molecular weight excluding hydrogens is 455 g/mol. The van der Waals surface area contributed by atoms with Gasteiger partial charge in [-0.25, -0.2) is 0 Å². The number of nitrogens with one attached hydrogen (secondary N) is 2. The fraction of sp³-hybridized carbons (Fsp3) is 0.950. The Morgan fingerprint density at radius 2 is 1.89 bits per heavy atom. The number of aliphatic imine (C=N–C) groups is 1. The van der Waals surface area contributed by atoms with E-state index in [4.69, 9.17) is 14.5 Å². The zero-order valence-corrected chi connectivity index (χ0v) is 19.8. The molecular formula is C20H41IN4O2. The highest BCUT2D eigenvalue weighted by atomic mass is 127. The van der Waals surface area contributed by atoms with Gasteiger partial charge >= 0.3 is 0 Å². The van der Waals surface area contributed by atoms with E-state index in [1.807, 2.05) is 0 Å². The second-order valence-electron chi connectivity index (χ2n) is 7.73. The average molecular weight is 496 g/mol. The highest BCUT2D eigenvalue weighted by Gasteiger charge is 2.33. The third kappa shape index (κ3) is 9.76. The van der Waals surface area contributed by atoms with Gasteiger partial charge in [-0.3, -0.25) is 9.89 Å². The largest absolute Gasteiger partial charge is 0.385 e. The third-order valence-electron chi connectivity index (χ3n) is 5.71. The molecule has 0 amide bonds. The van der Waals surface area contributed by atoms with Crippen molar-refractivity contribution in [2.24, 2.45) is 10.4 Å². The zero-order chi connectivity index (χ0) is 18.5. The first-order valence-corrected chi connectivity index (χ1v) is 10.6. The smallest absolute Gasteiger partial charge is 0.191 e. The van der Waals surface area contributed by atoms with Crippen molar-refractivity contribution < 1.29 is 9.47 Å². The number of hydrogen-bond donors (Lipinski definition) is 2. The Morgan fingerprint density at radius 3 is 2.56 bits per heavy atom. The molecule has 0 bridgehead atoms. The summed E-state index contributed by atoms with van der Waals surface area (Å²) in [4.78, 5) is 7.42. The summed E-state index contributed by atoms with van der Waals surface area (Å²) in [6.45, 7) is 10.9. The summed E-state index contributed by atoms with van der Waals surface area (Å²) >= 11 is 0. The van der Waals surface area contributed by atoms with Crippen LogP contribution in [-0.4, -0.2) is 77.1 Å². The van der Waals surface area contributed by atoms with Crippen molar-refractivity contribution >= 4 is 29.9 Å². The summed E-state index contributed by atoms with van der Waals surface area (Å²) in [6.07, 6.45) is 8.79. The van der Waals surface area contributed by atoms with Gasteiger partial charge in [0.1, 0.15) is 0 Å². The van der Waals surface area contributed by atoms with E-state index in [2.05, 4.69) is 22.5 Å². The SMILES string of the molecule is CCNC(=NCC1(CCOC)CCCC1)NCCCCN1CCOCC1.I. The van der Waals surface area contributed by atoms with Gasteiger partial charge in [0.15, 0.2) is 5.96 Å². The normalized spacial score (nSPS) is 20.3. The number of guanidine groups is 1. The number of rotatable bonds is 11. The van der Waals surface area contributed by atoms with E-state index >= 15 is 0 Å². The number of ether oxygens (including phenoxy) is 2. The van der Waals surface area contributed by atoms with Gasteiger partial charge in [-0.15, -0.1) is 24.0 Å². The van der Waals surface area contributed by atoms with Crippen LogP contribution in [0.1, 0.15) is 51.9 Å². The lowest BCUT2D eigenvalue weighted by atomic mass is 9.83. The maximum Gasteiger partial charge on any atom is 0.191 e. The molecule has 7 heteroatoms. The van der Waals surface area contributed by atoms with E-state index in [9.17, 15) is 0 Å². The lowest BCUT2D eigenvalue weighted by molar-refractivity contribution is 0.0372. The monoisotopic (exact) mass is 496 g/mol. The van der Waals surface area contributed by atoms with E-state index in [0.717, 1.165) is 64.9 Å². The Kier molecular flexibility index (Phi) is 13.7. The molecule has 2 rings (SSSR count). The van der Waals surface area contributed by atoms with Crippen LogP contribution < -0.4 is 10.6 Å². The third-order valence-corrected chi connectivity index (χ3v) is 5.71. The van der Waals surface area contributed by atoms with E-state index in [1.54, 1.807) is 7.11 Å². The number of nitrogens with zero attached hydrogens (tertiary/aromatic N) is 2. The predicted molar refractivity (Wildman–Crippen MR) is 123 cm³/mol. The van der Waals surface area contributed by atoms with Crippen LogP contribution in [0.2, 0.25) is 0 Å². The Labute approximate surface area is 183 Å². The number of unbranched alkanes of at least 4 members (excludes halogenated alkanes) is 1. The lowest BCUT2D eigenvalue weighted by Gasteiger charge is -2.27. The first-order chi connectivity index (χ1) is 12.8. The van der Waals surface area contributed by atoms with E-state index in [0.29, 0.717) is 5.41 Å². The van der Waals surface area contributed by atoms with Crippen LogP contribution in [0, 0.1) is 5.41 Å². The molecule has 1 aliphatic heterocycles. The van der Waals surface area contributed by atoms with Gasteiger partial charge in [0.05, 0.1) is 13.2 Å². The van der Waals surface area contributed by atoms with Crippen molar-refractivity contribution in [2.45, 2.75) is 51.9 Å². The molecule has 2 fully saturated rings. The van der Waals surface area contributed by atoms with Crippen LogP contribution >= 0.6 is 24.0 Å². The number of morpholine rings is 1. The highest BCUT2D eigenvalue weighted by Crippen LogP contribution is 2.41. The average Bonchev–Trinajstić information content (AvgIpc) is 3.14. The number of hydrogen-bond acceptors (Lipinski definition) is 4. The van der Waals surface area contributed by atoms with Crippen LogP contribution in [0.3, 0.4) is 0 Å². The van der Waals surface area contributed by atoms with Gasteiger partial charge in [-0.1, -0.05) is 12.8 Å². The molecule has 1 saturated heterocycles. The van der Waals surface area contributed by atoms with Crippen LogP contribution in [0.25, 0.3) is 0 Å². The summed E-state index contributed by atoms with van der Waals surface area (Å²) < 4.78 is 10.7.